The van der Waals surface area contributed by atoms with Gasteiger partial charge < -0.3 is 9.88 Å². The fraction of sp³-hybridized carbons (Fsp3) is 0.267. The van der Waals surface area contributed by atoms with Crippen molar-refractivity contribution in [3.63, 3.8) is 0 Å². The second-order valence-corrected chi connectivity index (χ2v) is 5.95. The molecule has 3 aromatic rings. The van der Waals surface area contributed by atoms with Crippen LogP contribution in [-0.4, -0.2) is 16.1 Å². The molecule has 3 heterocycles. The molecule has 4 rings (SSSR count). The lowest BCUT2D eigenvalue weighted by molar-refractivity contribution is 0.831. The minimum atomic E-state index is 1.06. The molecule has 0 atom stereocenters. The van der Waals surface area contributed by atoms with E-state index in [-0.39, 0.29) is 0 Å². The lowest BCUT2D eigenvalue weighted by atomic mass is 10.0. The number of hydrogen-bond acceptors (Lipinski definition) is 3. The summed E-state index contributed by atoms with van der Waals surface area (Å²) >= 11 is 1.74. The summed E-state index contributed by atoms with van der Waals surface area (Å²) in [5.41, 5.74) is 4.99. The van der Waals surface area contributed by atoms with E-state index >= 15 is 0 Å². The average Bonchev–Trinajstić information content (AvgIpc) is 3.05. The summed E-state index contributed by atoms with van der Waals surface area (Å²) in [6, 6.07) is 8.69. The minimum absolute atomic E-state index is 1.06. The van der Waals surface area contributed by atoms with Crippen LogP contribution in [0.2, 0.25) is 0 Å². The summed E-state index contributed by atoms with van der Waals surface area (Å²) in [5, 5.41) is 5.59. The lowest BCUT2D eigenvalue weighted by Crippen LogP contribution is -2.11. The molecule has 1 aliphatic heterocycles. The monoisotopic (exact) mass is 269 g/mol. The smallest absolute Gasteiger partial charge is 0.150 e. The van der Waals surface area contributed by atoms with E-state index in [9.17, 15) is 0 Å². The Hall–Kier alpha value is -1.81. The SMILES string of the molecule is Cn1c(-c2cccs2)nc2cc3c(cc21)NCCC3. The minimum Gasteiger partial charge on any atom is -0.385 e. The molecule has 1 aliphatic rings. The van der Waals surface area contributed by atoms with E-state index in [1.165, 1.54) is 28.1 Å². The van der Waals surface area contributed by atoms with Crippen LogP contribution in [-0.2, 0) is 13.5 Å². The Bertz CT molecular complexity index is 740. The third kappa shape index (κ3) is 1.67. The molecule has 0 saturated heterocycles. The van der Waals surface area contributed by atoms with E-state index in [0.29, 0.717) is 0 Å². The van der Waals surface area contributed by atoms with Gasteiger partial charge >= 0.3 is 0 Å². The normalized spacial score (nSPS) is 14.4. The predicted molar refractivity (Wildman–Crippen MR) is 80.8 cm³/mol. The maximum atomic E-state index is 4.81. The number of anilines is 1. The van der Waals surface area contributed by atoms with Gasteiger partial charge in [-0.2, -0.15) is 0 Å². The number of aryl methyl sites for hydroxylation is 2. The van der Waals surface area contributed by atoms with Crippen molar-refractivity contribution in [2.24, 2.45) is 7.05 Å². The Morgan fingerprint density at radius 2 is 2.32 bits per heavy atom. The first kappa shape index (κ1) is 11.1. The van der Waals surface area contributed by atoms with E-state index in [1.54, 1.807) is 11.3 Å². The van der Waals surface area contributed by atoms with Gasteiger partial charge in [0.2, 0.25) is 0 Å². The molecular formula is C15H15N3S. The van der Waals surface area contributed by atoms with Crippen molar-refractivity contribution < 1.29 is 0 Å². The Kier molecular flexibility index (Phi) is 2.38. The van der Waals surface area contributed by atoms with E-state index in [1.807, 2.05) is 0 Å². The molecule has 0 spiro atoms. The van der Waals surface area contributed by atoms with Gasteiger partial charge in [0.1, 0.15) is 0 Å². The van der Waals surface area contributed by atoms with Crippen LogP contribution in [0.5, 0.6) is 0 Å². The highest BCUT2D eigenvalue weighted by atomic mass is 32.1. The van der Waals surface area contributed by atoms with Crippen LogP contribution in [0.4, 0.5) is 5.69 Å². The van der Waals surface area contributed by atoms with Crippen LogP contribution in [0.15, 0.2) is 29.6 Å². The maximum Gasteiger partial charge on any atom is 0.150 e. The van der Waals surface area contributed by atoms with Gasteiger partial charge in [0.25, 0.3) is 0 Å². The van der Waals surface area contributed by atoms with Crippen LogP contribution in [0.1, 0.15) is 12.0 Å². The number of thiophene rings is 1. The number of benzene rings is 1. The van der Waals surface area contributed by atoms with Crippen molar-refractivity contribution in [1.29, 1.82) is 0 Å². The molecular weight excluding hydrogens is 254 g/mol. The molecule has 96 valence electrons. The number of rotatable bonds is 1. The van der Waals surface area contributed by atoms with Crippen molar-refractivity contribution in [1.82, 2.24) is 9.55 Å². The van der Waals surface area contributed by atoms with Gasteiger partial charge in [-0.1, -0.05) is 6.07 Å². The van der Waals surface area contributed by atoms with Crippen LogP contribution in [0, 0.1) is 0 Å². The highest BCUT2D eigenvalue weighted by Crippen LogP contribution is 2.31. The van der Waals surface area contributed by atoms with Crippen molar-refractivity contribution in [3.8, 4) is 10.7 Å². The number of nitrogens with zero attached hydrogens (tertiary/aromatic N) is 2. The Balaban J connectivity index is 1.96. The van der Waals surface area contributed by atoms with Crippen molar-refractivity contribution >= 4 is 28.1 Å². The first-order valence-corrected chi connectivity index (χ1v) is 7.48. The number of aromatic nitrogens is 2. The van der Waals surface area contributed by atoms with Crippen molar-refractivity contribution in [3.05, 3.63) is 35.2 Å². The maximum absolute atomic E-state index is 4.81. The van der Waals surface area contributed by atoms with E-state index < -0.39 is 0 Å². The molecule has 0 amide bonds. The second-order valence-electron chi connectivity index (χ2n) is 5.00. The van der Waals surface area contributed by atoms with Gasteiger partial charge in [-0.15, -0.1) is 11.3 Å². The molecule has 2 aromatic heterocycles. The van der Waals surface area contributed by atoms with Gasteiger partial charge in [0.05, 0.1) is 15.9 Å². The zero-order valence-corrected chi connectivity index (χ0v) is 11.6. The predicted octanol–water partition coefficient (Wildman–Crippen LogP) is 3.66. The fourth-order valence-corrected chi connectivity index (χ4v) is 3.53. The summed E-state index contributed by atoms with van der Waals surface area (Å²) in [4.78, 5) is 6.03. The zero-order chi connectivity index (χ0) is 12.8. The summed E-state index contributed by atoms with van der Waals surface area (Å²) in [5.74, 6) is 1.06. The van der Waals surface area contributed by atoms with Crippen LogP contribution in [0.3, 0.4) is 0 Å². The summed E-state index contributed by atoms with van der Waals surface area (Å²) < 4.78 is 2.19. The average molecular weight is 269 g/mol. The van der Waals surface area contributed by atoms with Crippen LogP contribution >= 0.6 is 11.3 Å². The van der Waals surface area contributed by atoms with Gasteiger partial charge in [-0.25, -0.2) is 4.98 Å². The Morgan fingerprint density at radius 1 is 1.37 bits per heavy atom. The van der Waals surface area contributed by atoms with E-state index in [0.717, 1.165) is 24.3 Å². The van der Waals surface area contributed by atoms with Crippen LogP contribution < -0.4 is 5.32 Å². The number of hydrogen-bond donors (Lipinski definition) is 1. The molecule has 3 nitrogen and oxygen atoms in total. The van der Waals surface area contributed by atoms with Crippen molar-refractivity contribution in [2.75, 3.05) is 11.9 Å². The highest BCUT2D eigenvalue weighted by molar-refractivity contribution is 7.13. The summed E-state index contributed by atoms with van der Waals surface area (Å²) in [6.45, 7) is 1.08. The Morgan fingerprint density at radius 3 is 3.16 bits per heavy atom. The van der Waals surface area contributed by atoms with Crippen LogP contribution in [0.25, 0.3) is 21.7 Å². The molecule has 1 aromatic carbocycles. The van der Waals surface area contributed by atoms with Gasteiger partial charge in [0.15, 0.2) is 5.82 Å². The van der Waals surface area contributed by atoms with Crippen molar-refractivity contribution in [2.45, 2.75) is 12.8 Å². The van der Waals surface area contributed by atoms with Gasteiger partial charge in [0, 0.05) is 19.3 Å². The third-order valence-corrected chi connectivity index (χ3v) is 4.65. The van der Waals surface area contributed by atoms with E-state index in [2.05, 4.69) is 46.6 Å². The number of imidazole rings is 1. The standard InChI is InChI=1S/C15H15N3S/c1-18-13-9-11-10(4-2-6-16-11)8-12(13)17-15(18)14-5-3-7-19-14/h3,5,7-9,16H,2,4,6H2,1H3. The quantitative estimate of drug-likeness (QED) is 0.730. The first-order valence-electron chi connectivity index (χ1n) is 6.60. The first-order chi connectivity index (χ1) is 9.33. The van der Waals surface area contributed by atoms with E-state index in [4.69, 9.17) is 4.98 Å². The molecule has 0 unspecified atom stereocenters. The molecule has 0 bridgehead atoms. The fourth-order valence-electron chi connectivity index (χ4n) is 2.78. The number of nitrogens with one attached hydrogen (secondary N) is 1. The third-order valence-electron chi connectivity index (χ3n) is 3.79. The molecule has 4 heteroatoms. The van der Waals surface area contributed by atoms with Gasteiger partial charge in [-0.3, -0.25) is 0 Å². The molecule has 19 heavy (non-hydrogen) atoms. The lowest BCUT2D eigenvalue weighted by Gasteiger charge is -2.17. The molecule has 0 fully saturated rings. The number of fused-ring (bicyclic) bond motifs is 2. The second kappa shape index (κ2) is 4.10. The van der Waals surface area contributed by atoms with Gasteiger partial charge in [-0.05, 0) is 42.0 Å². The largest absolute Gasteiger partial charge is 0.385 e. The Labute approximate surface area is 115 Å². The topological polar surface area (TPSA) is 29.9 Å². The molecule has 0 saturated carbocycles. The highest BCUT2D eigenvalue weighted by Gasteiger charge is 2.15. The summed E-state index contributed by atoms with van der Waals surface area (Å²) in [6.07, 6.45) is 2.37. The molecule has 0 aliphatic carbocycles. The zero-order valence-electron chi connectivity index (χ0n) is 10.8. The molecule has 0 radical (unpaired) electrons. The molecule has 1 N–H and O–H groups in total. The summed E-state index contributed by atoms with van der Waals surface area (Å²) in [7, 11) is 2.10.